The molecule has 0 aromatic heterocycles. The maximum absolute atomic E-state index is 14.3. The molecule has 4 atom stereocenters. The van der Waals surface area contributed by atoms with Gasteiger partial charge in [0.2, 0.25) is 10.0 Å². The summed E-state index contributed by atoms with van der Waals surface area (Å²) >= 11 is 0. The number of nitrogens with one attached hydrogen (secondary N) is 1. The Morgan fingerprint density at radius 1 is 0.907 bits per heavy atom. The van der Waals surface area contributed by atoms with Crippen molar-refractivity contribution < 1.29 is 53.2 Å². The third kappa shape index (κ3) is 9.64. The second kappa shape index (κ2) is 16.3. The smallest absolute Gasteiger partial charge is 0.331 e. The third-order valence-corrected chi connectivity index (χ3v) is 9.95. The quantitative estimate of drug-likeness (QED) is 0.0245. The predicted molar refractivity (Wildman–Crippen MR) is 197 cm³/mol. The van der Waals surface area contributed by atoms with Crippen molar-refractivity contribution in [1.29, 1.82) is 0 Å². The van der Waals surface area contributed by atoms with Gasteiger partial charge in [-0.15, -0.1) is 0 Å². The van der Waals surface area contributed by atoms with Crippen molar-refractivity contribution in [3.05, 3.63) is 123 Å². The van der Waals surface area contributed by atoms with Gasteiger partial charge in [-0.25, -0.2) is 13.2 Å². The van der Waals surface area contributed by atoms with E-state index < -0.39 is 74.1 Å². The number of benzene rings is 4. The molecule has 1 fully saturated rings. The largest absolute Gasteiger partial charge is 0.504 e. The number of nitrogens with zero attached hydrogens (tertiary/aromatic N) is 2. The Morgan fingerprint density at radius 3 is 2.20 bits per heavy atom. The molecular formula is C38H39N3O12S. The molecule has 0 aliphatic carbocycles. The number of hydrogen-bond donors (Lipinski definition) is 6. The number of esters is 1. The average molecular weight is 762 g/mol. The van der Waals surface area contributed by atoms with Crippen LogP contribution in [0.15, 0.2) is 91.0 Å². The monoisotopic (exact) mass is 761 g/mol. The molecule has 1 saturated heterocycles. The Hall–Kier alpha value is -6.13. The van der Waals surface area contributed by atoms with Crippen LogP contribution < -0.4 is 4.72 Å². The summed E-state index contributed by atoms with van der Waals surface area (Å²) in [5.74, 6) is -4.30. The maximum atomic E-state index is 14.3. The van der Waals surface area contributed by atoms with E-state index in [-0.39, 0.29) is 29.5 Å². The Labute approximate surface area is 310 Å². The van der Waals surface area contributed by atoms with E-state index in [1.54, 1.807) is 30.3 Å². The molecule has 1 heterocycles. The van der Waals surface area contributed by atoms with E-state index in [9.17, 15) is 53.7 Å². The Kier molecular flexibility index (Phi) is 11.8. The van der Waals surface area contributed by atoms with Crippen LogP contribution in [0.3, 0.4) is 0 Å². The number of aliphatic hydroxyl groups is 1. The number of sulfonamides is 1. The van der Waals surface area contributed by atoms with Crippen LogP contribution in [0.25, 0.3) is 6.08 Å². The van der Waals surface area contributed by atoms with E-state index in [1.807, 2.05) is 13.8 Å². The topological polar surface area (TPSA) is 237 Å². The van der Waals surface area contributed by atoms with Gasteiger partial charge in [-0.1, -0.05) is 56.3 Å². The zero-order valence-corrected chi connectivity index (χ0v) is 30.0. The number of non-ortho nitro benzene ring substituents is 1. The standard InChI is InChI=1S/C38H39N3O12S/c1-22(2)16-26-20-27(41(49)50)11-12-28(26)39-54(51,52)21-33(46)37-36(25-6-4-3-5-7-25)40(37)38(48)34(19-24-9-14-30(43)32(45)18-24)53-35(47)15-10-23-8-13-29(42)31(44)17-23/h3-15,17-18,20,22,33-34,36-37,39,42-46H,16,19,21H2,1-2H3/b15-10+/t33-,34?,36?,37+,40?/m0/s1. The second-order valence-corrected chi connectivity index (χ2v) is 15.0. The molecule has 0 bridgehead atoms. The summed E-state index contributed by atoms with van der Waals surface area (Å²) < 4.78 is 35.0. The van der Waals surface area contributed by atoms with Crippen molar-refractivity contribution in [2.75, 3.05) is 10.5 Å². The van der Waals surface area contributed by atoms with E-state index in [4.69, 9.17) is 4.74 Å². The van der Waals surface area contributed by atoms with Crippen molar-refractivity contribution in [3.63, 3.8) is 0 Å². The number of aromatic hydroxyl groups is 4. The molecule has 15 nitrogen and oxygen atoms in total. The van der Waals surface area contributed by atoms with Gasteiger partial charge in [0, 0.05) is 24.6 Å². The number of nitro benzene ring substituents is 1. The van der Waals surface area contributed by atoms with Crippen LogP contribution in [0.1, 0.15) is 42.1 Å². The number of carbonyl (C=O) groups is 2. The Morgan fingerprint density at radius 2 is 1.57 bits per heavy atom. The number of nitro groups is 1. The van der Waals surface area contributed by atoms with Crippen LogP contribution >= 0.6 is 0 Å². The Balaban J connectivity index is 1.41. The fourth-order valence-corrected chi connectivity index (χ4v) is 7.38. The number of hydrogen-bond acceptors (Lipinski definition) is 12. The van der Waals surface area contributed by atoms with E-state index in [0.29, 0.717) is 28.7 Å². The Bertz CT molecular complexity index is 2180. The lowest BCUT2D eigenvalue weighted by Crippen LogP contribution is -2.38. The first-order chi connectivity index (χ1) is 25.5. The zero-order chi connectivity index (χ0) is 39.3. The minimum Gasteiger partial charge on any atom is -0.504 e. The number of aliphatic hydroxyl groups excluding tert-OH is 1. The van der Waals surface area contributed by atoms with Gasteiger partial charge in [-0.2, -0.15) is 0 Å². The van der Waals surface area contributed by atoms with Gasteiger partial charge in [0.15, 0.2) is 29.1 Å². The number of carbonyl (C=O) groups excluding carboxylic acids is 2. The van der Waals surface area contributed by atoms with Gasteiger partial charge in [-0.3, -0.25) is 19.6 Å². The van der Waals surface area contributed by atoms with Crippen LogP contribution in [0, 0.1) is 16.0 Å². The van der Waals surface area contributed by atoms with Gasteiger partial charge in [0.25, 0.3) is 11.6 Å². The highest BCUT2D eigenvalue weighted by Crippen LogP contribution is 2.46. The highest BCUT2D eigenvalue weighted by molar-refractivity contribution is 7.92. The summed E-state index contributed by atoms with van der Waals surface area (Å²) in [4.78, 5) is 39.3. The predicted octanol–water partition coefficient (Wildman–Crippen LogP) is 4.54. The molecule has 2 unspecified atom stereocenters. The number of amides is 1. The number of phenols is 4. The third-order valence-electron chi connectivity index (χ3n) is 8.63. The van der Waals surface area contributed by atoms with Crippen LogP contribution in [0.5, 0.6) is 23.0 Å². The molecule has 4 aromatic rings. The molecule has 54 heavy (non-hydrogen) atoms. The number of phenolic OH excluding ortho intramolecular Hbond substituents is 4. The SMILES string of the molecule is CC(C)Cc1cc([N+](=O)[O-])ccc1NS(=O)(=O)C[C@H](O)[C@@H]1C(c2ccccc2)N1C(=O)C(Cc1ccc(O)c(O)c1)OC(=O)/C=C/c1ccc(O)c(O)c1. The molecule has 5 rings (SSSR count). The normalized spacial score (nSPS) is 16.6. The number of anilines is 1. The molecule has 16 heteroatoms. The van der Waals surface area contributed by atoms with Crippen LogP contribution in [-0.2, 0) is 37.2 Å². The van der Waals surface area contributed by atoms with Crippen molar-refractivity contribution >= 4 is 39.4 Å². The summed E-state index contributed by atoms with van der Waals surface area (Å²) in [5, 5.41) is 62.1. The van der Waals surface area contributed by atoms with E-state index in [1.165, 1.54) is 65.6 Å². The second-order valence-electron chi connectivity index (χ2n) is 13.3. The lowest BCUT2D eigenvalue weighted by atomic mass is 10.0. The van der Waals surface area contributed by atoms with Crippen molar-refractivity contribution in [2.24, 2.45) is 5.92 Å². The number of rotatable bonds is 15. The minimum absolute atomic E-state index is 0.0304. The lowest BCUT2D eigenvalue weighted by Gasteiger charge is -2.19. The summed E-state index contributed by atoms with van der Waals surface area (Å²) in [7, 11) is -4.31. The molecule has 0 radical (unpaired) electrons. The van der Waals surface area contributed by atoms with Gasteiger partial charge in [0.1, 0.15) is 0 Å². The highest BCUT2D eigenvalue weighted by Gasteiger charge is 2.57. The molecule has 284 valence electrons. The highest BCUT2D eigenvalue weighted by atomic mass is 32.2. The number of ether oxygens (including phenoxy) is 1. The van der Waals surface area contributed by atoms with Gasteiger partial charge in [-0.05, 0) is 71.0 Å². The first-order valence-electron chi connectivity index (χ1n) is 16.8. The minimum atomic E-state index is -4.31. The average Bonchev–Trinajstić information content (AvgIpc) is 3.86. The molecule has 0 spiro atoms. The van der Waals surface area contributed by atoms with E-state index in [2.05, 4.69) is 4.72 Å². The summed E-state index contributed by atoms with van der Waals surface area (Å²) in [6.45, 7) is 3.74. The van der Waals surface area contributed by atoms with Crippen molar-refractivity contribution in [3.8, 4) is 23.0 Å². The molecular weight excluding hydrogens is 722 g/mol. The van der Waals surface area contributed by atoms with Crippen LogP contribution in [0.2, 0.25) is 0 Å². The molecule has 4 aromatic carbocycles. The first kappa shape index (κ1) is 39.1. The van der Waals surface area contributed by atoms with E-state index >= 15 is 0 Å². The summed E-state index contributed by atoms with van der Waals surface area (Å²) in [6, 6.07) is 18.0. The van der Waals surface area contributed by atoms with Gasteiger partial charge >= 0.3 is 5.97 Å². The zero-order valence-electron chi connectivity index (χ0n) is 29.1. The summed E-state index contributed by atoms with van der Waals surface area (Å²) in [6.07, 6.45) is -0.898. The van der Waals surface area contributed by atoms with Crippen LogP contribution in [0.4, 0.5) is 11.4 Å². The lowest BCUT2D eigenvalue weighted by molar-refractivity contribution is -0.384. The fourth-order valence-electron chi connectivity index (χ4n) is 6.12. The van der Waals surface area contributed by atoms with Crippen LogP contribution in [-0.4, -0.2) is 79.7 Å². The fraction of sp³-hybridized carbons (Fsp3) is 0.263. The molecule has 1 aliphatic heterocycles. The van der Waals surface area contributed by atoms with Crippen molar-refractivity contribution in [1.82, 2.24) is 4.90 Å². The molecule has 6 N–H and O–H groups in total. The van der Waals surface area contributed by atoms with Crippen molar-refractivity contribution in [2.45, 2.75) is 51.0 Å². The van der Waals surface area contributed by atoms with E-state index in [0.717, 1.165) is 6.08 Å². The molecule has 0 saturated carbocycles. The first-order valence-corrected chi connectivity index (χ1v) is 18.4. The van der Waals surface area contributed by atoms with Gasteiger partial charge in [0.05, 0.1) is 34.6 Å². The summed E-state index contributed by atoms with van der Waals surface area (Å²) in [5.41, 5.74) is 1.49. The molecule has 1 amide bonds. The molecule has 1 aliphatic rings. The maximum Gasteiger partial charge on any atom is 0.331 e. The van der Waals surface area contributed by atoms with Gasteiger partial charge < -0.3 is 35.2 Å².